The van der Waals surface area contributed by atoms with Crippen LogP contribution < -0.4 is 0 Å². The number of halogens is 7. The van der Waals surface area contributed by atoms with Crippen LogP contribution >= 0.6 is 0 Å². The summed E-state index contributed by atoms with van der Waals surface area (Å²) in [5, 5.41) is 0. The zero-order valence-corrected chi connectivity index (χ0v) is 7.33. The van der Waals surface area contributed by atoms with Crippen molar-refractivity contribution in [1.29, 1.82) is 0 Å². The Morgan fingerprint density at radius 1 is 0.938 bits per heavy atom. The SMILES string of the molecule is FC(F)(F)C(F)(c1cc[c]nc1)C(F)(F)F. The Morgan fingerprint density at radius 3 is 1.75 bits per heavy atom. The first kappa shape index (κ1) is 12.7. The Balaban J connectivity index is 3.39. The monoisotopic (exact) mass is 246 g/mol. The lowest BCUT2D eigenvalue weighted by molar-refractivity contribution is -0.348. The van der Waals surface area contributed by atoms with Gasteiger partial charge >= 0.3 is 18.0 Å². The molecule has 1 aromatic rings. The van der Waals surface area contributed by atoms with Crippen molar-refractivity contribution in [3.8, 4) is 0 Å². The molecule has 0 saturated heterocycles. The number of hydrogen-bond acceptors (Lipinski definition) is 1. The predicted molar refractivity (Wildman–Crippen MR) is 38.0 cm³/mol. The Bertz CT molecular complexity index is 339. The van der Waals surface area contributed by atoms with Gasteiger partial charge in [0.2, 0.25) is 0 Å². The van der Waals surface area contributed by atoms with E-state index in [1.54, 1.807) is 0 Å². The lowest BCUT2D eigenvalue weighted by Crippen LogP contribution is -2.50. The molecule has 89 valence electrons. The fraction of sp³-hybridized carbons (Fsp3) is 0.375. The Labute approximate surface area is 84.9 Å². The predicted octanol–water partition coefficient (Wildman–Crippen LogP) is 3.17. The lowest BCUT2D eigenvalue weighted by Gasteiger charge is -2.29. The summed E-state index contributed by atoms with van der Waals surface area (Å²) < 4.78 is 86.2. The average Bonchev–Trinajstić information content (AvgIpc) is 2.14. The molecule has 0 spiro atoms. The molecule has 0 atom stereocenters. The third kappa shape index (κ3) is 1.83. The van der Waals surface area contributed by atoms with Gasteiger partial charge in [-0.05, 0) is 6.07 Å². The fourth-order valence-corrected chi connectivity index (χ4v) is 1.01. The van der Waals surface area contributed by atoms with Crippen molar-refractivity contribution < 1.29 is 30.7 Å². The van der Waals surface area contributed by atoms with E-state index < -0.39 is 23.6 Å². The van der Waals surface area contributed by atoms with E-state index in [0.717, 1.165) is 0 Å². The van der Waals surface area contributed by atoms with E-state index in [9.17, 15) is 30.7 Å². The summed E-state index contributed by atoms with van der Waals surface area (Å²) in [6.45, 7) is 0. The van der Waals surface area contributed by atoms with Gasteiger partial charge in [0.25, 0.3) is 0 Å². The highest BCUT2D eigenvalue weighted by molar-refractivity contribution is 5.23. The second-order valence-electron chi connectivity index (χ2n) is 2.83. The molecular weight excluding hydrogens is 243 g/mol. The number of nitrogens with zero attached hydrogens (tertiary/aromatic N) is 1. The van der Waals surface area contributed by atoms with Crippen molar-refractivity contribution in [3.05, 3.63) is 30.1 Å². The largest absolute Gasteiger partial charge is 0.436 e. The minimum absolute atomic E-state index is 0.140. The summed E-state index contributed by atoms with van der Waals surface area (Å²) in [7, 11) is 0. The van der Waals surface area contributed by atoms with Gasteiger partial charge in [-0.15, -0.1) is 0 Å². The first-order valence-corrected chi connectivity index (χ1v) is 3.75. The van der Waals surface area contributed by atoms with E-state index in [1.165, 1.54) is 0 Å². The minimum Gasteiger partial charge on any atom is -0.254 e. The molecule has 1 rings (SSSR count). The third-order valence-corrected chi connectivity index (χ3v) is 1.79. The van der Waals surface area contributed by atoms with Gasteiger partial charge < -0.3 is 0 Å². The van der Waals surface area contributed by atoms with Crippen LogP contribution in [0.1, 0.15) is 5.56 Å². The van der Waals surface area contributed by atoms with Gasteiger partial charge in [-0.3, -0.25) is 4.98 Å². The van der Waals surface area contributed by atoms with Crippen LogP contribution in [0, 0.1) is 6.20 Å². The maximum absolute atomic E-state index is 13.2. The molecule has 1 nitrogen and oxygen atoms in total. The standard InChI is InChI=1S/C8H3F7N/c9-6(7(10,11)12,8(13,14)15)5-2-1-3-16-4-5/h1-2,4H. The highest BCUT2D eigenvalue weighted by atomic mass is 19.4. The molecule has 0 N–H and O–H groups in total. The number of aromatic nitrogens is 1. The maximum Gasteiger partial charge on any atom is 0.436 e. The van der Waals surface area contributed by atoms with Gasteiger partial charge in [0.1, 0.15) is 0 Å². The molecule has 8 heteroatoms. The van der Waals surface area contributed by atoms with Crippen LogP contribution in [0.3, 0.4) is 0 Å². The van der Waals surface area contributed by atoms with E-state index in [1.807, 2.05) is 6.20 Å². The average molecular weight is 246 g/mol. The number of alkyl halides is 7. The fourth-order valence-electron chi connectivity index (χ4n) is 1.01. The van der Waals surface area contributed by atoms with Crippen LogP contribution in [-0.4, -0.2) is 17.3 Å². The smallest absolute Gasteiger partial charge is 0.254 e. The number of rotatable bonds is 1. The molecule has 1 aromatic heterocycles. The molecule has 0 fully saturated rings. The van der Waals surface area contributed by atoms with Crippen molar-refractivity contribution in [1.82, 2.24) is 4.98 Å². The van der Waals surface area contributed by atoms with E-state index in [2.05, 4.69) is 4.98 Å². The molecule has 0 aliphatic carbocycles. The molecule has 16 heavy (non-hydrogen) atoms. The summed E-state index contributed by atoms with van der Waals surface area (Å²) in [4.78, 5) is 2.91. The van der Waals surface area contributed by atoms with Crippen LogP contribution in [0.2, 0.25) is 0 Å². The first-order chi connectivity index (χ1) is 7.11. The summed E-state index contributed by atoms with van der Waals surface area (Å²) in [5.41, 5.74) is -7.03. The van der Waals surface area contributed by atoms with Gasteiger partial charge in [0.15, 0.2) is 0 Å². The van der Waals surface area contributed by atoms with Gasteiger partial charge in [0.05, 0.1) is 6.20 Å². The topological polar surface area (TPSA) is 12.9 Å². The van der Waals surface area contributed by atoms with Gasteiger partial charge in [-0.25, -0.2) is 4.39 Å². The van der Waals surface area contributed by atoms with Crippen LogP contribution in [0.25, 0.3) is 0 Å². The molecule has 0 aromatic carbocycles. The molecule has 0 amide bonds. The van der Waals surface area contributed by atoms with Crippen molar-refractivity contribution in [2.24, 2.45) is 0 Å². The molecule has 1 heterocycles. The summed E-state index contributed by atoms with van der Waals surface area (Å²) in [6.07, 6.45) is -10.1. The van der Waals surface area contributed by atoms with E-state index >= 15 is 0 Å². The van der Waals surface area contributed by atoms with Crippen molar-refractivity contribution in [2.75, 3.05) is 0 Å². The Hall–Kier alpha value is -1.34. The van der Waals surface area contributed by atoms with Gasteiger partial charge in [0, 0.05) is 11.8 Å². The van der Waals surface area contributed by atoms with Crippen LogP contribution in [0.15, 0.2) is 18.3 Å². The lowest BCUT2D eigenvalue weighted by atomic mass is 9.96. The van der Waals surface area contributed by atoms with Crippen molar-refractivity contribution in [2.45, 2.75) is 18.0 Å². The molecule has 0 bridgehead atoms. The van der Waals surface area contributed by atoms with Crippen LogP contribution in [-0.2, 0) is 5.67 Å². The van der Waals surface area contributed by atoms with Crippen molar-refractivity contribution >= 4 is 0 Å². The van der Waals surface area contributed by atoms with Gasteiger partial charge in [-0.1, -0.05) is 6.07 Å². The molecule has 0 aliphatic rings. The quantitative estimate of drug-likeness (QED) is 0.693. The molecule has 0 aliphatic heterocycles. The number of hydrogen-bond donors (Lipinski definition) is 0. The summed E-state index contributed by atoms with van der Waals surface area (Å²) in [6, 6.07) is 0.995. The first-order valence-electron chi connectivity index (χ1n) is 3.75. The highest BCUT2D eigenvalue weighted by Gasteiger charge is 2.73. The molecule has 0 unspecified atom stereocenters. The van der Waals surface area contributed by atoms with E-state index in [-0.39, 0.29) is 6.20 Å². The number of pyridine rings is 1. The van der Waals surface area contributed by atoms with Crippen LogP contribution in [0.4, 0.5) is 30.7 Å². The Kier molecular flexibility index (Phi) is 2.86. The normalized spacial score (nSPS) is 13.9. The molecular formula is C8H3F7N. The van der Waals surface area contributed by atoms with Crippen molar-refractivity contribution in [3.63, 3.8) is 0 Å². The highest BCUT2D eigenvalue weighted by Crippen LogP contribution is 2.52. The second-order valence-corrected chi connectivity index (χ2v) is 2.83. The molecule has 0 saturated carbocycles. The zero-order valence-electron chi connectivity index (χ0n) is 7.33. The minimum atomic E-state index is -6.10. The van der Waals surface area contributed by atoms with Gasteiger partial charge in [-0.2, -0.15) is 26.3 Å². The Morgan fingerprint density at radius 2 is 1.44 bits per heavy atom. The summed E-state index contributed by atoms with van der Waals surface area (Å²) in [5.74, 6) is 0. The zero-order chi connectivity index (χ0) is 12.6. The van der Waals surface area contributed by atoms with E-state index in [4.69, 9.17) is 0 Å². The molecule has 1 radical (unpaired) electrons. The summed E-state index contributed by atoms with van der Waals surface area (Å²) >= 11 is 0. The maximum atomic E-state index is 13.2. The van der Waals surface area contributed by atoms with E-state index in [0.29, 0.717) is 12.1 Å². The third-order valence-electron chi connectivity index (χ3n) is 1.79. The second kappa shape index (κ2) is 3.60. The van der Waals surface area contributed by atoms with Crippen LogP contribution in [0.5, 0.6) is 0 Å².